The summed E-state index contributed by atoms with van der Waals surface area (Å²) >= 11 is 0. The van der Waals surface area contributed by atoms with Gasteiger partial charge in [0, 0.05) is 12.0 Å². The molecule has 1 aliphatic heterocycles. The van der Waals surface area contributed by atoms with Gasteiger partial charge in [-0.1, -0.05) is 18.2 Å². The van der Waals surface area contributed by atoms with Crippen molar-refractivity contribution >= 4 is 5.97 Å². The molecule has 0 spiro atoms. The number of nitrogens with zero attached hydrogens (tertiary/aromatic N) is 2. The van der Waals surface area contributed by atoms with Crippen molar-refractivity contribution in [2.24, 2.45) is 0 Å². The number of aromatic nitrogens is 2. The lowest BCUT2D eigenvalue weighted by Crippen LogP contribution is -2.28. The highest BCUT2D eigenvalue weighted by molar-refractivity contribution is 5.87. The molecule has 1 aromatic heterocycles. The summed E-state index contributed by atoms with van der Waals surface area (Å²) < 4.78 is 12.5. The molecule has 0 saturated carbocycles. The van der Waals surface area contributed by atoms with E-state index in [1.807, 2.05) is 35.8 Å². The average Bonchev–Trinajstić information content (AvgIpc) is 2.94. The molecule has 104 valence electrons. The monoisotopic (exact) mass is 272 g/mol. The van der Waals surface area contributed by atoms with E-state index >= 15 is 0 Å². The molecule has 2 atom stereocenters. The predicted octanol–water partition coefficient (Wildman–Crippen LogP) is 2.43. The Balaban J connectivity index is 2.07. The molecule has 0 unspecified atom stereocenters. The summed E-state index contributed by atoms with van der Waals surface area (Å²) in [5.74, 6) is 0.486. The van der Waals surface area contributed by atoms with Crippen LogP contribution in [0.4, 0.5) is 0 Å². The third kappa shape index (κ3) is 2.05. The third-order valence-corrected chi connectivity index (χ3v) is 3.56. The molecular formula is C15H16N2O3. The number of para-hydroxylation sites is 1. The highest BCUT2D eigenvalue weighted by Crippen LogP contribution is 2.37. The van der Waals surface area contributed by atoms with Crippen LogP contribution >= 0.6 is 0 Å². The smallest absolute Gasteiger partial charge is 0.356 e. The minimum absolute atomic E-state index is 0.0338. The topological polar surface area (TPSA) is 53.3 Å². The maximum absolute atomic E-state index is 11.8. The largest absolute Gasteiger partial charge is 0.490 e. The van der Waals surface area contributed by atoms with Crippen LogP contribution in [0.15, 0.2) is 36.8 Å². The fourth-order valence-electron chi connectivity index (χ4n) is 2.65. The molecule has 0 N–H and O–H groups in total. The standard InChI is InChI=1S/C15H16N2O3/c1-10-7-12(11-5-3-4-6-14(11)20-10)17-9-16-8-13(17)15(18)19-2/h3-6,8-10,12H,7H2,1-2H3/t10-,12+/m0/s1. The SMILES string of the molecule is COC(=O)c1cncn1[C@@H]1C[C@H](C)Oc2ccccc21. The van der Waals surface area contributed by atoms with E-state index < -0.39 is 0 Å². The van der Waals surface area contributed by atoms with Crippen molar-refractivity contribution < 1.29 is 14.3 Å². The van der Waals surface area contributed by atoms with Gasteiger partial charge in [0.25, 0.3) is 0 Å². The first-order valence-corrected chi connectivity index (χ1v) is 6.56. The summed E-state index contributed by atoms with van der Waals surface area (Å²) in [5, 5.41) is 0. The number of carbonyl (C=O) groups excluding carboxylic acids is 1. The van der Waals surface area contributed by atoms with Crippen LogP contribution in [0.3, 0.4) is 0 Å². The van der Waals surface area contributed by atoms with Crippen LogP contribution in [0.1, 0.15) is 35.4 Å². The first-order valence-electron chi connectivity index (χ1n) is 6.56. The van der Waals surface area contributed by atoms with Gasteiger partial charge in [-0.05, 0) is 13.0 Å². The second-order valence-electron chi connectivity index (χ2n) is 4.90. The maximum atomic E-state index is 11.8. The summed E-state index contributed by atoms with van der Waals surface area (Å²) in [7, 11) is 1.38. The van der Waals surface area contributed by atoms with Gasteiger partial charge in [-0.15, -0.1) is 0 Å². The number of esters is 1. The van der Waals surface area contributed by atoms with E-state index in [4.69, 9.17) is 9.47 Å². The lowest BCUT2D eigenvalue weighted by molar-refractivity contribution is 0.0583. The Morgan fingerprint density at radius 2 is 2.25 bits per heavy atom. The molecule has 0 fully saturated rings. The van der Waals surface area contributed by atoms with Crippen LogP contribution in [-0.4, -0.2) is 28.7 Å². The number of fused-ring (bicyclic) bond motifs is 1. The number of hydrogen-bond acceptors (Lipinski definition) is 4. The molecule has 3 rings (SSSR count). The Morgan fingerprint density at radius 3 is 3.05 bits per heavy atom. The average molecular weight is 272 g/mol. The van der Waals surface area contributed by atoms with Gasteiger partial charge in [0.1, 0.15) is 11.4 Å². The molecular weight excluding hydrogens is 256 g/mol. The molecule has 0 saturated heterocycles. The summed E-state index contributed by atoms with van der Waals surface area (Å²) in [6, 6.07) is 7.93. The van der Waals surface area contributed by atoms with Gasteiger partial charge in [0.05, 0.1) is 31.8 Å². The molecule has 0 bridgehead atoms. The zero-order chi connectivity index (χ0) is 14.1. The minimum atomic E-state index is -0.376. The van der Waals surface area contributed by atoms with Gasteiger partial charge >= 0.3 is 5.97 Å². The van der Waals surface area contributed by atoms with Crippen LogP contribution in [0.2, 0.25) is 0 Å². The summed E-state index contributed by atoms with van der Waals surface area (Å²) in [6.07, 6.45) is 4.08. The Bertz CT molecular complexity index is 636. The van der Waals surface area contributed by atoms with Crippen LogP contribution in [-0.2, 0) is 4.74 Å². The molecule has 1 aliphatic rings. The van der Waals surface area contributed by atoms with Crippen molar-refractivity contribution in [3.8, 4) is 5.75 Å². The first-order chi connectivity index (χ1) is 9.70. The van der Waals surface area contributed by atoms with Crippen molar-refractivity contribution in [1.82, 2.24) is 9.55 Å². The van der Waals surface area contributed by atoms with E-state index in [0.717, 1.165) is 17.7 Å². The van der Waals surface area contributed by atoms with Gasteiger partial charge in [-0.25, -0.2) is 9.78 Å². The van der Waals surface area contributed by atoms with Gasteiger partial charge < -0.3 is 14.0 Å². The van der Waals surface area contributed by atoms with Crippen LogP contribution < -0.4 is 4.74 Å². The minimum Gasteiger partial charge on any atom is -0.490 e. The number of methoxy groups -OCH3 is 1. The van der Waals surface area contributed by atoms with E-state index in [-0.39, 0.29) is 18.1 Å². The van der Waals surface area contributed by atoms with Gasteiger partial charge in [0.2, 0.25) is 0 Å². The van der Waals surface area contributed by atoms with Crippen molar-refractivity contribution in [3.63, 3.8) is 0 Å². The lowest BCUT2D eigenvalue weighted by Gasteiger charge is -2.31. The fraction of sp³-hybridized carbons (Fsp3) is 0.333. The van der Waals surface area contributed by atoms with Crippen molar-refractivity contribution in [3.05, 3.63) is 48.0 Å². The lowest BCUT2D eigenvalue weighted by atomic mass is 9.96. The Morgan fingerprint density at radius 1 is 1.45 bits per heavy atom. The summed E-state index contributed by atoms with van der Waals surface area (Å²) in [6.45, 7) is 2.03. The van der Waals surface area contributed by atoms with Crippen molar-refractivity contribution in [1.29, 1.82) is 0 Å². The zero-order valence-electron chi connectivity index (χ0n) is 11.4. The molecule has 0 radical (unpaired) electrons. The molecule has 0 aliphatic carbocycles. The number of benzene rings is 1. The van der Waals surface area contributed by atoms with Crippen LogP contribution in [0.5, 0.6) is 5.75 Å². The molecule has 2 aromatic rings. The number of imidazole rings is 1. The number of ether oxygens (including phenoxy) is 2. The number of carbonyl (C=O) groups is 1. The Kier molecular flexibility index (Phi) is 3.18. The van der Waals surface area contributed by atoms with E-state index in [0.29, 0.717) is 5.69 Å². The predicted molar refractivity (Wildman–Crippen MR) is 72.9 cm³/mol. The van der Waals surface area contributed by atoms with Crippen LogP contribution in [0.25, 0.3) is 0 Å². The zero-order valence-corrected chi connectivity index (χ0v) is 11.4. The second-order valence-corrected chi connectivity index (χ2v) is 4.90. The van der Waals surface area contributed by atoms with E-state index in [9.17, 15) is 4.79 Å². The Labute approximate surface area is 117 Å². The van der Waals surface area contributed by atoms with E-state index in [1.54, 1.807) is 6.33 Å². The Hall–Kier alpha value is -2.30. The van der Waals surface area contributed by atoms with Gasteiger partial charge in [-0.3, -0.25) is 0 Å². The van der Waals surface area contributed by atoms with Crippen molar-refractivity contribution in [2.75, 3.05) is 7.11 Å². The fourth-order valence-corrected chi connectivity index (χ4v) is 2.65. The summed E-state index contributed by atoms with van der Waals surface area (Å²) in [4.78, 5) is 15.9. The number of rotatable bonds is 2. The molecule has 2 heterocycles. The normalized spacial score (nSPS) is 20.9. The second kappa shape index (κ2) is 5.00. The number of hydrogen-bond donors (Lipinski definition) is 0. The first kappa shape index (κ1) is 12.7. The quantitative estimate of drug-likeness (QED) is 0.788. The molecule has 5 heteroatoms. The van der Waals surface area contributed by atoms with Crippen molar-refractivity contribution in [2.45, 2.75) is 25.5 Å². The van der Waals surface area contributed by atoms with Gasteiger partial charge in [-0.2, -0.15) is 0 Å². The highest BCUT2D eigenvalue weighted by atomic mass is 16.5. The third-order valence-electron chi connectivity index (χ3n) is 3.56. The molecule has 1 aromatic carbocycles. The maximum Gasteiger partial charge on any atom is 0.356 e. The van der Waals surface area contributed by atoms with E-state index in [1.165, 1.54) is 13.3 Å². The molecule has 0 amide bonds. The summed E-state index contributed by atoms with van der Waals surface area (Å²) in [5.41, 5.74) is 1.52. The molecule has 5 nitrogen and oxygen atoms in total. The molecule has 20 heavy (non-hydrogen) atoms. The van der Waals surface area contributed by atoms with Crippen LogP contribution in [0, 0.1) is 0 Å². The van der Waals surface area contributed by atoms with Gasteiger partial charge in [0.15, 0.2) is 0 Å². The highest BCUT2D eigenvalue weighted by Gasteiger charge is 2.29. The van der Waals surface area contributed by atoms with E-state index in [2.05, 4.69) is 4.98 Å².